The van der Waals surface area contributed by atoms with E-state index in [1.807, 2.05) is 50.2 Å². The number of para-hydroxylation sites is 1. The average molecular weight is 282 g/mol. The van der Waals surface area contributed by atoms with Gasteiger partial charge in [0, 0.05) is 11.6 Å². The van der Waals surface area contributed by atoms with E-state index in [4.69, 9.17) is 9.47 Å². The van der Waals surface area contributed by atoms with Crippen LogP contribution in [0.25, 0.3) is 6.08 Å². The summed E-state index contributed by atoms with van der Waals surface area (Å²) in [4.78, 5) is 11.8. The van der Waals surface area contributed by atoms with Gasteiger partial charge in [-0.25, -0.2) is 4.79 Å². The van der Waals surface area contributed by atoms with Crippen LogP contribution >= 0.6 is 0 Å². The molecule has 0 spiro atoms. The van der Waals surface area contributed by atoms with Crippen molar-refractivity contribution >= 4 is 12.0 Å². The van der Waals surface area contributed by atoms with Crippen LogP contribution in [0.3, 0.4) is 0 Å². The molecule has 0 radical (unpaired) electrons. The predicted molar refractivity (Wildman–Crippen MR) is 83.5 cm³/mol. The second-order valence-corrected chi connectivity index (χ2v) is 4.54. The molecular weight excluding hydrogens is 264 g/mol. The molecule has 0 aliphatic carbocycles. The van der Waals surface area contributed by atoms with Crippen LogP contribution in [0, 0.1) is 6.92 Å². The van der Waals surface area contributed by atoms with Crippen molar-refractivity contribution in [3.8, 4) is 11.5 Å². The van der Waals surface area contributed by atoms with Crippen LogP contribution in [-0.4, -0.2) is 12.6 Å². The molecule has 0 bridgehead atoms. The van der Waals surface area contributed by atoms with Crippen molar-refractivity contribution in [1.82, 2.24) is 0 Å². The number of aryl methyl sites for hydroxylation is 1. The number of ether oxygens (including phenoxy) is 2. The minimum atomic E-state index is -0.412. The topological polar surface area (TPSA) is 35.5 Å². The molecule has 21 heavy (non-hydrogen) atoms. The van der Waals surface area contributed by atoms with Crippen LogP contribution in [0.5, 0.6) is 11.5 Å². The highest BCUT2D eigenvalue weighted by Gasteiger charge is 2.02. The van der Waals surface area contributed by atoms with Gasteiger partial charge in [0.25, 0.3) is 0 Å². The molecule has 0 saturated carbocycles. The Morgan fingerprint density at radius 3 is 2.52 bits per heavy atom. The first kappa shape index (κ1) is 14.9. The minimum Gasteiger partial charge on any atom is -0.493 e. The number of esters is 1. The second kappa shape index (κ2) is 7.29. The van der Waals surface area contributed by atoms with E-state index < -0.39 is 5.97 Å². The smallest absolute Gasteiger partial charge is 0.336 e. The van der Waals surface area contributed by atoms with Crippen molar-refractivity contribution in [2.24, 2.45) is 0 Å². The Balaban J connectivity index is 2.03. The summed E-state index contributed by atoms with van der Waals surface area (Å²) in [5, 5.41) is 0. The summed E-state index contributed by atoms with van der Waals surface area (Å²) < 4.78 is 10.7. The number of rotatable bonds is 5. The van der Waals surface area contributed by atoms with Crippen LogP contribution in [0.1, 0.15) is 18.1 Å². The molecule has 0 aliphatic rings. The zero-order valence-electron chi connectivity index (χ0n) is 12.2. The minimum absolute atomic E-state index is 0.412. The lowest BCUT2D eigenvalue weighted by Gasteiger charge is -2.06. The van der Waals surface area contributed by atoms with Gasteiger partial charge in [0.2, 0.25) is 0 Å². The van der Waals surface area contributed by atoms with Gasteiger partial charge in [0.05, 0.1) is 6.61 Å². The highest BCUT2D eigenvalue weighted by Crippen LogP contribution is 2.19. The van der Waals surface area contributed by atoms with Crippen molar-refractivity contribution in [3.05, 3.63) is 65.7 Å². The number of hydrogen-bond donors (Lipinski definition) is 0. The molecule has 3 heteroatoms. The van der Waals surface area contributed by atoms with Crippen LogP contribution < -0.4 is 9.47 Å². The van der Waals surface area contributed by atoms with E-state index in [0.717, 1.165) is 16.9 Å². The predicted octanol–water partition coefficient (Wildman–Crippen LogP) is 4.01. The number of benzene rings is 2. The van der Waals surface area contributed by atoms with Crippen LogP contribution in [0.15, 0.2) is 54.6 Å². The zero-order valence-corrected chi connectivity index (χ0v) is 12.2. The normalized spacial score (nSPS) is 10.6. The van der Waals surface area contributed by atoms with Crippen LogP contribution in [0.2, 0.25) is 0 Å². The molecule has 2 aromatic rings. The number of hydrogen-bond acceptors (Lipinski definition) is 3. The third kappa shape index (κ3) is 4.49. The molecule has 0 fully saturated rings. The highest BCUT2D eigenvalue weighted by atomic mass is 16.5. The lowest BCUT2D eigenvalue weighted by Crippen LogP contribution is -2.03. The average Bonchev–Trinajstić information content (AvgIpc) is 2.49. The first-order valence-electron chi connectivity index (χ1n) is 6.87. The van der Waals surface area contributed by atoms with E-state index in [-0.39, 0.29) is 0 Å². The summed E-state index contributed by atoms with van der Waals surface area (Å²) in [6.07, 6.45) is 3.10. The Morgan fingerprint density at radius 2 is 1.81 bits per heavy atom. The molecule has 0 unspecified atom stereocenters. The molecule has 2 aromatic carbocycles. The van der Waals surface area contributed by atoms with Gasteiger partial charge in [-0.1, -0.05) is 35.9 Å². The molecule has 0 aliphatic heterocycles. The van der Waals surface area contributed by atoms with E-state index in [0.29, 0.717) is 12.4 Å². The van der Waals surface area contributed by atoms with Crippen LogP contribution in [-0.2, 0) is 4.79 Å². The van der Waals surface area contributed by atoms with Gasteiger partial charge < -0.3 is 9.47 Å². The largest absolute Gasteiger partial charge is 0.493 e. The van der Waals surface area contributed by atoms with Gasteiger partial charge >= 0.3 is 5.97 Å². The van der Waals surface area contributed by atoms with Gasteiger partial charge in [0.15, 0.2) is 0 Å². The molecule has 3 nitrogen and oxygen atoms in total. The lowest BCUT2D eigenvalue weighted by atomic mass is 10.2. The standard InChI is InChI=1S/C18H18O3/c1-3-20-17-7-5-4-6-15(17)10-13-18(19)21-16-11-8-14(2)9-12-16/h4-13H,3H2,1-2H3/b13-10+. The molecule has 0 aromatic heterocycles. The zero-order chi connectivity index (χ0) is 15.1. The number of carbonyl (C=O) groups is 1. The highest BCUT2D eigenvalue weighted by molar-refractivity contribution is 5.89. The molecule has 0 saturated heterocycles. The first-order chi connectivity index (χ1) is 10.2. The Hall–Kier alpha value is -2.55. The van der Waals surface area contributed by atoms with Crippen molar-refractivity contribution in [1.29, 1.82) is 0 Å². The van der Waals surface area contributed by atoms with Crippen molar-refractivity contribution in [3.63, 3.8) is 0 Å². The van der Waals surface area contributed by atoms with Gasteiger partial charge in [-0.05, 0) is 38.1 Å². The Bertz CT molecular complexity index is 627. The van der Waals surface area contributed by atoms with E-state index in [1.165, 1.54) is 6.08 Å². The summed E-state index contributed by atoms with van der Waals surface area (Å²) in [5.41, 5.74) is 1.97. The van der Waals surface area contributed by atoms with Crippen molar-refractivity contribution in [2.75, 3.05) is 6.61 Å². The van der Waals surface area contributed by atoms with E-state index >= 15 is 0 Å². The summed E-state index contributed by atoms with van der Waals surface area (Å²) >= 11 is 0. The van der Waals surface area contributed by atoms with E-state index in [9.17, 15) is 4.79 Å². The van der Waals surface area contributed by atoms with Crippen molar-refractivity contribution < 1.29 is 14.3 Å². The van der Waals surface area contributed by atoms with E-state index in [1.54, 1.807) is 18.2 Å². The third-order valence-corrected chi connectivity index (χ3v) is 2.86. The second-order valence-electron chi connectivity index (χ2n) is 4.54. The molecule has 0 amide bonds. The van der Waals surface area contributed by atoms with E-state index in [2.05, 4.69) is 0 Å². The summed E-state index contributed by atoms with van der Waals surface area (Å²) in [6, 6.07) is 14.9. The Morgan fingerprint density at radius 1 is 1.10 bits per heavy atom. The molecule has 0 atom stereocenters. The Labute approximate surface area is 124 Å². The fraction of sp³-hybridized carbons (Fsp3) is 0.167. The molecule has 2 rings (SSSR count). The molecule has 0 N–H and O–H groups in total. The summed E-state index contributed by atoms with van der Waals surface area (Å²) in [5.74, 6) is 0.873. The molecule has 108 valence electrons. The SMILES string of the molecule is CCOc1ccccc1/C=C/C(=O)Oc1ccc(C)cc1. The van der Waals surface area contributed by atoms with Gasteiger partial charge in [0.1, 0.15) is 11.5 Å². The van der Waals surface area contributed by atoms with Gasteiger partial charge in [-0.2, -0.15) is 0 Å². The number of carbonyl (C=O) groups excluding carboxylic acids is 1. The van der Waals surface area contributed by atoms with Gasteiger partial charge in [-0.3, -0.25) is 0 Å². The quantitative estimate of drug-likeness (QED) is 0.472. The Kier molecular flexibility index (Phi) is 5.16. The lowest BCUT2D eigenvalue weighted by molar-refractivity contribution is -0.128. The summed E-state index contributed by atoms with van der Waals surface area (Å²) in [6.45, 7) is 4.49. The monoisotopic (exact) mass is 282 g/mol. The van der Waals surface area contributed by atoms with Crippen LogP contribution in [0.4, 0.5) is 0 Å². The first-order valence-corrected chi connectivity index (χ1v) is 6.87. The van der Waals surface area contributed by atoms with Crippen molar-refractivity contribution in [2.45, 2.75) is 13.8 Å². The van der Waals surface area contributed by atoms with Gasteiger partial charge in [-0.15, -0.1) is 0 Å². The maximum atomic E-state index is 11.8. The maximum absolute atomic E-state index is 11.8. The summed E-state index contributed by atoms with van der Waals surface area (Å²) in [7, 11) is 0. The molecular formula is C18H18O3. The fourth-order valence-electron chi connectivity index (χ4n) is 1.82. The molecule has 0 heterocycles. The fourth-order valence-corrected chi connectivity index (χ4v) is 1.82. The maximum Gasteiger partial charge on any atom is 0.336 e. The third-order valence-electron chi connectivity index (χ3n) is 2.86.